The molecule has 0 heterocycles. The van der Waals surface area contributed by atoms with Crippen LogP contribution in [0.1, 0.15) is 46.5 Å². The van der Waals surface area contributed by atoms with E-state index in [1.807, 2.05) is 0 Å². The zero-order valence-electron chi connectivity index (χ0n) is 9.52. The number of hydrogen-bond donors (Lipinski definition) is 3. The van der Waals surface area contributed by atoms with E-state index in [4.69, 9.17) is 18.1 Å². The fourth-order valence-corrected chi connectivity index (χ4v) is 1.38. The predicted molar refractivity (Wildman–Crippen MR) is 65.8 cm³/mol. The van der Waals surface area contributed by atoms with Gasteiger partial charge in [-0.2, -0.15) is 0 Å². The van der Waals surface area contributed by atoms with Crippen LogP contribution in [-0.4, -0.2) is 11.7 Å². The van der Waals surface area contributed by atoms with E-state index in [0.717, 1.165) is 6.54 Å². The second-order valence-electron chi connectivity index (χ2n) is 4.45. The Morgan fingerprint density at radius 2 is 2.00 bits per heavy atom. The van der Waals surface area contributed by atoms with E-state index >= 15 is 0 Å². The van der Waals surface area contributed by atoms with Gasteiger partial charge in [-0.05, 0) is 24.1 Å². The van der Waals surface area contributed by atoms with Crippen molar-refractivity contribution in [2.24, 2.45) is 11.3 Å². The molecule has 0 atom stereocenters. The van der Waals surface area contributed by atoms with Gasteiger partial charge in [-0.1, -0.05) is 40.0 Å². The van der Waals surface area contributed by atoms with E-state index in [1.54, 1.807) is 0 Å². The van der Waals surface area contributed by atoms with Gasteiger partial charge in [0, 0.05) is 6.54 Å². The highest BCUT2D eigenvalue weighted by atomic mass is 32.1. The summed E-state index contributed by atoms with van der Waals surface area (Å²) in [7, 11) is 0. The molecule has 0 bridgehead atoms. The predicted octanol–water partition coefficient (Wildman–Crippen LogP) is 1.93. The molecule has 0 amide bonds. The van der Waals surface area contributed by atoms with Crippen LogP contribution in [0.25, 0.3) is 0 Å². The van der Waals surface area contributed by atoms with E-state index < -0.39 is 0 Å². The van der Waals surface area contributed by atoms with Gasteiger partial charge in [0.05, 0.1) is 0 Å². The zero-order chi connectivity index (χ0) is 11.0. The van der Waals surface area contributed by atoms with Gasteiger partial charge in [0.15, 0.2) is 5.11 Å². The second-order valence-corrected chi connectivity index (χ2v) is 4.86. The molecule has 0 unspecified atom stereocenters. The SMILES string of the molecule is CCCCCC(C)(C)CNC(=S)NN. The normalized spacial score (nSPS) is 11.1. The highest BCUT2D eigenvalue weighted by molar-refractivity contribution is 7.80. The molecule has 0 aliphatic carbocycles. The van der Waals surface area contributed by atoms with Crippen molar-refractivity contribution in [1.29, 1.82) is 0 Å². The molecule has 0 saturated heterocycles. The maximum Gasteiger partial charge on any atom is 0.180 e. The Hall–Kier alpha value is -0.350. The second kappa shape index (κ2) is 7.01. The summed E-state index contributed by atoms with van der Waals surface area (Å²) >= 11 is 4.91. The van der Waals surface area contributed by atoms with Crippen molar-refractivity contribution in [3.05, 3.63) is 0 Å². The maximum absolute atomic E-state index is 5.17. The van der Waals surface area contributed by atoms with Gasteiger partial charge in [-0.15, -0.1) is 0 Å². The minimum Gasteiger partial charge on any atom is -0.361 e. The van der Waals surface area contributed by atoms with E-state index in [9.17, 15) is 0 Å². The number of unbranched alkanes of at least 4 members (excludes halogenated alkanes) is 2. The van der Waals surface area contributed by atoms with Crippen LogP contribution in [0.5, 0.6) is 0 Å². The molecule has 14 heavy (non-hydrogen) atoms. The first-order chi connectivity index (χ1) is 6.52. The largest absolute Gasteiger partial charge is 0.361 e. The monoisotopic (exact) mass is 217 g/mol. The van der Waals surface area contributed by atoms with E-state index in [2.05, 4.69) is 31.5 Å². The van der Waals surface area contributed by atoms with Crippen LogP contribution in [-0.2, 0) is 0 Å². The zero-order valence-corrected chi connectivity index (χ0v) is 10.3. The summed E-state index contributed by atoms with van der Waals surface area (Å²) < 4.78 is 0. The number of hydrazine groups is 1. The minimum absolute atomic E-state index is 0.288. The summed E-state index contributed by atoms with van der Waals surface area (Å²) in [6, 6.07) is 0. The molecule has 84 valence electrons. The van der Waals surface area contributed by atoms with Crippen LogP contribution < -0.4 is 16.6 Å². The number of thiocarbonyl (C=S) groups is 1. The summed E-state index contributed by atoms with van der Waals surface area (Å²) in [4.78, 5) is 0. The van der Waals surface area contributed by atoms with Crippen molar-refractivity contribution < 1.29 is 0 Å². The molecule has 0 aliphatic heterocycles. The molecular weight excluding hydrogens is 194 g/mol. The summed E-state index contributed by atoms with van der Waals surface area (Å²) in [5.74, 6) is 5.17. The Bertz CT molecular complexity index is 169. The third-order valence-electron chi connectivity index (χ3n) is 2.32. The van der Waals surface area contributed by atoms with Crippen molar-refractivity contribution >= 4 is 17.3 Å². The van der Waals surface area contributed by atoms with Gasteiger partial charge < -0.3 is 10.7 Å². The van der Waals surface area contributed by atoms with Crippen LogP contribution in [0.4, 0.5) is 0 Å². The summed E-state index contributed by atoms with van der Waals surface area (Å²) in [5, 5.41) is 3.62. The molecule has 3 nitrogen and oxygen atoms in total. The Balaban J connectivity index is 3.65. The molecule has 0 aromatic rings. The fraction of sp³-hybridized carbons (Fsp3) is 0.900. The molecule has 0 spiro atoms. The van der Waals surface area contributed by atoms with Gasteiger partial charge in [0.1, 0.15) is 0 Å². The highest BCUT2D eigenvalue weighted by Crippen LogP contribution is 2.22. The number of hydrogen-bond acceptors (Lipinski definition) is 2. The molecule has 0 aromatic carbocycles. The lowest BCUT2D eigenvalue weighted by molar-refractivity contribution is 0.319. The highest BCUT2D eigenvalue weighted by Gasteiger charge is 2.16. The van der Waals surface area contributed by atoms with Crippen LogP contribution in [0.15, 0.2) is 0 Å². The smallest absolute Gasteiger partial charge is 0.180 e. The first-order valence-corrected chi connectivity index (χ1v) is 5.67. The topological polar surface area (TPSA) is 50.1 Å². The van der Waals surface area contributed by atoms with Gasteiger partial charge in [-0.25, -0.2) is 5.84 Å². The lowest BCUT2D eigenvalue weighted by atomic mass is 9.87. The lowest BCUT2D eigenvalue weighted by Gasteiger charge is -2.25. The molecule has 4 heteroatoms. The molecule has 4 N–H and O–H groups in total. The van der Waals surface area contributed by atoms with Crippen molar-refractivity contribution in [2.45, 2.75) is 46.5 Å². The molecule has 0 rings (SSSR count). The van der Waals surface area contributed by atoms with Gasteiger partial charge in [-0.3, -0.25) is 0 Å². The van der Waals surface area contributed by atoms with E-state index in [1.165, 1.54) is 25.7 Å². The van der Waals surface area contributed by atoms with Crippen molar-refractivity contribution in [3.8, 4) is 0 Å². The van der Waals surface area contributed by atoms with Gasteiger partial charge in [0.2, 0.25) is 0 Å². The first kappa shape index (κ1) is 13.7. The quantitative estimate of drug-likeness (QED) is 0.275. The molecule has 0 aromatic heterocycles. The molecule has 0 aliphatic rings. The standard InChI is InChI=1S/C10H23N3S/c1-4-5-6-7-10(2,3)8-12-9(14)13-11/h4-8,11H2,1-3H3,(H2,12,13,14). The van der Waals surface area contributed by atoms with Gasteiger partial charge >= 0.3 is 0 Å². The first-order valence-electron chi connectivity index (χ1n) is 5.26. The van der Waals surface area contributed by atoms with Crippen LogP contribution >= 0.6 is 12.2 Å². The summed E-state index contributed by atoms with van der Waals surface area (Å²) in [6.07, 6.45) is 5.09. The summed E-state index contributed by atoms with van der Waals surface area (Å²) in [6.45, 7) is 7.59. The molecule has 0 radical (unpaired) electrons. The summed E-state index contributed by atoms with van der Waals surface area (Å²) in [5.41, 5.74) is 2.71. The van der Waals surface area contributed by atoms with E-state index in [-0.39, 0.29) is 5.41 Å². The average molecular weight is 217 g/mol. The van der Waals surface area contributed by atoms with Crippen molar-refractivity contribution in [2.75, 3.05) is 6.54 Å². The molecule has 0 saturated carbocycles. The van der Waals surface area contributed by atoms with E-state index in [0.29, 0.717) is 5.11 Å². The minimum atomic E-state index is 0.288. The Labute approximate surface area is 92.8 Å². The van der Waals surface area contributed by atoms with Crippen LogP contribution in [0.3, 0.4) is 0 Å². The number of nitrogens with one attached hydrogen (secondary N) is 2. The average Bonchev–Trinajstić information content (AvgIpc) is 2.14. The maximum atomic E-state index is 5.17. The Kier molecular flexibility index (Phi) is 6.83. The van der Waals surface area contributed by atoms with Crippen LogP contribution in [0, 0.1) is 5.41 Å². The van der Waals surface area contributed by atoms with Crippen LogP contribution in [0.2, 0.25) is 0 Å². The number of rotatable bonds is 6. The Morgan fingerprint density at radius 1 is 1.36 bits per heavy atom. The molecule has 0 fully saturated rings. The number of nitrogens with two attached hydrogens (primary N) is 1. The van der Waals surface area contributed by atoms with Crippen molar-refractivity contribution in [1.82, 2.24) is 10.7 Å². The fourth-order valence-electron chi connectivity index (χ4n) is 1.31. The third kappa shape index (κ3) is 7.09. The third-order valence-corrected chi connectivity index (χ3v) is 2.58. The Morgan fingerprint density at radius 3 is 2.50 bits per heavy atom. The van der Waals surface area contributed by atoms with Gasteiger partial charge in [0.25, 0.3) is 0 Å². The lowest BCUT2D eigenvalue weighted by Crippen LogP contribution is -2.43. The van der Waals surface area contributed by atoms with Crippen molar-refractivity contribution in [3.63, 3.8) is 0 Å². The molecular formula is C10H23N3S.